The number of amides is 4. The maximum atomic E-state index is 13.2. The smallest absolute Gasteiger partial charge is 0.326 e. The number of nitrogens with one attached hydrogen (secondary N) is 1. The molecule has 43 heavy (non-hydrogen) atoms. The molecule has 3 aromatic rings. The van der Waals surface area contributed by atoms with Gasteiger partial charge in [0.05, 0.1) is 23.4 Å². The van der Waals surface area contributed by atoms with Crippen molar-refractivity contribution in [3.8, 4) is 28.3 Å². The lowest BCUT2D eigenvalue weighted by molar-refractivity contribution is -0.140. The third-order valence-electron chi connectivity index (χ3n) is 8.23. The van der Waals surface area contributed by atoms with Crippen molar-refractivity contribution >= 4 is 35.1 Å². The Kier molecular flexibility index (Phi) is 8.47. The summed E-state index contributed by atoms with van der Waals surface area (Å²) in [5, 5.41) is 13.7. The number of urea groups is 1. The molecule has 0 radical (unpaired) electrons. The minimum Gasteiger partial charge on any atom is -0.481 e. The van der Waals surface area contributed by atoms with Crippen LogP contribution in [0.15, 0.2) is 48.5 Å². The van der Waals surface area contributed by atoms with Gasteiger partial charge in [0, 0.05) is 62.7 Å². The molecular formula is C32H36ClN5O5. The first-order valence-corrected chi connectivity index (χ1v) is 14.5. The summed E-state index contributed by atoms with van der Waals surface area (Å²) in [4.78, 5) is 47.2. The molecule has 2 aliphatic heterocycles. The Morgan fingerprint density at radius 2 is 1.81 bits per heavy atom. The van der Waals surface area contributed by atoms with E-state index < -0.39 is 29.4 Å². The molecule has 0 aliphatic carbocycles. The highest BCUT2D eigenvalue weighted by Crippen LogP contribution is 2.39. The molecule has 1 unspecified atom stereocenters. The van der Waals surface area contributed by atoms with Gasteiger partial charge in [0.15, 0.2) is 0 Å². The lowest BCUT2D eigenvalue weighted by atomic mass is 9.96. The first-order chi connectivity index (χ1) is 20.4. The van der Waals surface area contributed by atoms with Crippen molar-refractivity contribution in [3.63, 3.8) is 0 Å². The molecule has 2 aliphatic rings. The molecule has 2 saturated heterocycles. The van der Waals surface area contributed by atoms with Gasteiger partial charge >= 0.3 is 6.03 Å². The van der Waals surface area contributed by atoms with Gasteiger partial charge in [0.1, 0.15) is 5.92 Å². The topological polar surface area (TPSA) is 115 Å². The van der Waals surface area contributed by atoms with Crippen LogP contribution in [0.2, 0.25) is 5.02 Å². The number of halogens is 1. The first-order valence-electron chi connectivity index (χ1n) is 14.1. The molecular weight excluding hydrogens is 570 g/mol. The van der Waals surface area contributed by atoms with Crippen molar-refractivity contribution in [1.82, 2.24) is 19.7 Å². The summed E-state index contributed by atoms with van der Waals surface area (Å²) in [5.74, 6) is -1.52. The third kappa shape index (κ3) is 6.08. The molecule has 2 N–H and O–H groups in total. The van der Waals surface area contributed by atoms with Crippen molar-refractivity contribution in [2.24, 2.45) is 5.92 Å². The van der Waals surface area contributed by atoms with Crippen LogP contribution in [-0.4, -0.2) is 89.1 Å². The van der Waals surface area contributed by atoms with Crippen LogP contribution in [0.3, 0.4) is 0 Å². The van der Waals surface area contributed by atoms with Gasteiger partial charge in [0.25, 0.3) is 0 Å². The number of imide groups is 1. The molecule has 0 bridgehead atoms. The number of ether oxygens (including phenoxy) is 1. The fourth-order valence-electron chi connectivity index (χ4n) is 5.76. The van der Waals surface area contributed by atoms with E-state index in [9.17, 15) is 19.5 Å². The number of rotatable bonds is 7. The number of hydrogen-bond donors (Lipinski definition) is 2. The van der Waals surface area contributed by atoms with Crippen molar-refractivity contribution < 1.29 is 24.2 Å². The van der Waals surface area contributed by atoms with Gasteiger partial charge < -0.3 is 20.1 Å². The standard InChI is InChI=1S/C32H36ClN5O5/c1-19-21(8-7-11-25(19)34-28(39)24-17-36(3)31(41)37(4)30(24)40)22-9-6-10-23(27(22)33)26-13-12-20(29(35-26)43-5)16-38-15-14-32(2,42)18-38/h6-13,24,42H,14-18H2,1-5H3,(H,34,39)/t24?,32-/m1/s1. The van der Waals surface area contributed by atoms with E-state index in [1.54, 1.807) is 20.2 Å². The van der Waals surface area contributed by atoms with Crippen LogP contribution in [0.1, 0.15) is 24.5 Å². The van der Waals surface area contributed by atoms with E-state index in [4.69, 9.17) is 21.3 Å². The lowest BCUT2D eigenvalue weighted by Crippen LogP contribution is -2.56. The molecule has 0 saturated carbocycles. The first kappa shape index (κ1) is 30.5. The number of benzene rings is 2. The zero-order valence-electron chi connectivity index (χ0n) is 25.0. The molecule has 5 rings (SSSR count). The Bertz CT molecular complexity index is 1590. The highest BCUT2D eigenvalue weighted by atomic mass is 35.5. The second kappa shape index (κ2) is 11.9. The number of β-amino-alcohol motifs (C(OH)–C–C–N with tert-alkyl or cyclic N) is 1. The molecule has 2 aromatic carbocycles. The molecule has 2 atom stereocenters. The van der Waals surface area contributed by atoms with Crippen molar-refractivity contribution in [2.45, 2.75) is 32.4 Å². The SMILES string of the molecule is COc1nc(-c2cccc(-c3cccc(NC(=O)C4CN(C)C(=O)N(C)C4=O)c3C)c2Cl)ccc1CN1CC[C@@](C)(O)C1. The number of nitrogens with zero attached hydrogens (tertiary/aromatic N) is 4. The molecule has 0 spiro atoms. The molecule has 1 aromatic heterocycles. The van der Waals surface area contributed by atoms with Crippen LogP contribution in [0.5, 0.6) is 5.88 Å². The van der Waals surface area contributed by atoms with Crippen LogP contribution >= 0.6 is 11.6 Å². The largest absolute Gasteiger partial charge is 0.481 e. The second-order valence-corrected chi connectivity index (χ2v) is 11.9. The quantitative estimate of drug-likeness (QED) is 0.383. The molecule has 3 heterocycles. The average molecular weight is 606 g/mol. The molecule has 4 amide bonds. The summed E-state index contributed by atoms with van der Waals surface area (Å²) in [6.07, 6.45) is 0.724. The molecule has 226 valence electrons. The molecule has 11 heteroatoms. The van der Waals surface area contributed by atoms with Crippen LogP contribution in [0.4, 0.5) is 10.5 Å². The maximum Gasteiger partial charge on any atom is 0.326 e. The van der Waals surface area contributed by atoms with E-state index in [2.05, 4.69) is 10.2 Å². The van der Waals surface area contributed by atoms with E-state index in [1.165, 1.54) is 11.9 Å². The lowest BCUT2D eigenvalue weighted by Gasteiger charge is -2.33. The van der Waals surface area contributed by atoms with Gasteiger partial charge in [-0.15, -0.1) is 0 Å². The number of aliphatic hydroxyl groups is 1. The maximum absolute atomic E-state index is 13.2. The van der Waals surface area contributed by atoms with Gasteiger partial charge in [-0.25, -0.2) is 9.78 Å². The van der Waals surface area contributed by atoms with Gasteiger partial charge in [-0.1, -0.05) is 48.0 Å². The predicted octanol–water partition coefficient (Wildman–Crippen LogP) is 4.42. The number of aromatic nitrogens is 1. The fraction of sp³-hybridized carbons (Fsp3) is 0.375. The van der Waals surface area contributed by atoms with E-state index in [0.717, 1.165) is 45.7 Å². The van der Waals surface area contributed by atoms with E-state index in [1.807, 2.05) is 56.3 Å². The summed E-state index contributed by atoms with van der Waals surface area (Å²) in [5.41, 5.74) is 4.51. The summed E-state index contributed by atoms with van der Waals surface area (Å²) in [7, 11) is 4.52. The fourth-order valence-corrected chi connectivity index (χ4v) is 6.09. The summed E-state index contributed by atoms with van der Waals surface area (Å²) >= 11 is 7.01. The number of likely N-dealkylation sites (tertiary alicyclic amines) is 1. The highest BCUT2D eigenvalue weighted by molar-refractivity contribution is 6.36. The zero-order valence-corrected chi connectivity index (χ0v) is 25.7. The van der Waals surface area contributed by atoms with Crippen LogP contribution in [0.25, 0.3) is 22.4 Å². The number of pyridine rings is 1. The predicted molar refractivity (Wildman–Crippen MR) is 165 cm³/mol. The number of hydrogen-bond acceptors (Lipinski definition) is 7. The number of carbonyl (C=O) groups is 3. The minimum absolute atomic E-state index is 0.00848. The Morgan fingerprint density at radius 1 is 1.12 bits per heavy atom. The van der Waals surface area contributed by atoms with Crippen LogP contribution in [-0.2, 0) is 16.1 Å². The van der Waals surface area contributed by atoms with Crippen molar-refractivity contribution in [1.29, 1.82) is 0 Å². The van der Waals surface area contributed by atoms with Gasteiger partial charge in [0.2, 0.25) is 17.7 Å². The number of anilines is 1. The van der Waals surface area contributed by atoms with Gasteiger partial charge in [-0.2, -0.15) is 0 Å². The van der Waals surface area contributed by atoms with Gasteiger partial charge in [-0.3, -0.25) is 19.4 Å². The summed E-state index contributed by atoms with van der Waals surface area (Å²) in [6, 6.07) is 14.7. The van der Waals surface area contributed by atoms with Gasteiger partial charge in [-0.05, 0) is 43.5 Å². The monoisotopic (exact) mass is 605 g/mol. The number of methoxy groups -OCH3 is 1. The number of carbonyl (C=O) groups excluding carboxylic acids is 3. The highest BCUT2D eigenvalue weighted by Gasteiger charge is 2.39. The average Bonchev–Trinajstić information content (AvgIpc) is 3.33. The third-order valence-corrected chi connectivity index (χ3v) is 8.64. The molecule has 10 nitrogen and oxygen atoms in total. The van der Waals surface area contributed by atoms with Crippen molar-refractivity contribution in [2.75, 3.05) is 46.2 Å². The van der Waals surface area contributed by atoms with E-state index in [-0.39, 0.29) is 6.54 Å². The Hall–Kier alpha value is -3.99. The van der Waals surface area contributed by atoms with Crippen LogP contribution < -0.4 is 10.1 Å². The molecule has 2 fully saturated rings. The van der Waals surface area contributed by atoms with E-state index in [0.29, 0.717) is 35.4 Å². The van der Waals surface area contributed by atoms with Crippen molar-refractivity contribution in [3.05, 3.63) is 64.7 Å². The van der Waals surface area contributed by atoms with Crippen LogP contribution in [0, 0.1) is 12.8 Å². The summed E-state index contributed by atoms with van der Waals surface area (Å²) in [6.45, 7) is 5.75. The zero-order chi connectivity index (χ0) is 31.1. The Balaban J connectivity index is 1.40. The Morgan fingerprint density at radius 3 is 2.51 bits per heavy atom. The summed E-state index contributed by atoms with van der Waals surface area (Å²) < 4.78 is 5.64. The normalized spacial score (nSPS) is 21.0. The second-order valence-electron chi connectivity index (χ2n) is 11.6. The Labute approximate surface area is 256 Å². The van der Waals surface area contributed by atoms with E-state index >= 15 is 0 Å². The minimum atomic E-state index is -1.01.